The number of piperidine rings is 2. The highest BCUT2D eigenvalue weighted by atomic mass is 19.1. The van der Waals surface area contributed by atoms with E-state index in [1.165, 1.54) is 0 Å². The Morgan fingerprint density at radius 1 is 1.10 bits per heavy atom. The number of hydrogen-bond acceptors (Lipinski definition) is 8. The quantitative estimate of drug-likeness (QED) is 0.802. The molecule has 2 aromatic heterocycles. The molecule has 0 aromatic carbocycles. The standard InChI is InChI=1S/C22H28FN7O/c23-15-8-22(9-15)3-5-29(6-4-22)21-27-18(14-10-25-20(24)26-11-14)7-19(28-21)30-12-17-2-1-16(30)13-31-17/h7,10-11,15-17H,1-6,8-9,12-13H2,(H2,24,25,26)/t16-,17-/m0/s1. The Morgan fingerprint density at radius 3 is 2.48 bits per heavy atom. The topological polar surface area (TPSA) is 93.3 Å². The van der Waals surface area contributed by atoms with Crippen molar-refractivity contribution in [2.24, 2.45) is 5.41 Å². The number of hydrogen-bond donors (Lipinski definition) is 1. The van der Waals surface area contributed by atoms with Gasteiger partial charge in [-0.05, 0) is 43.9 Å². The molecule has 164 valence electrons. The van der Waals surface area contributed by atoms with Gasteiger partial charge in [-0.3, -0.25) is 0 Å². The number of nitrogens with two attached hydrogens (primary N) is 1. The molecule has 0 unspecified atom stereocenters. The van der Waals surface area contributed by atoms with E-state index in [0.717, 1.165) is 74.9 Å². The molecule has 2 atom stereocenters. The van der Waals surface area contributed by atoms with Crippen molar-refractivity contribution >= 4 is 17.7 Å². The van der Waals surface area contributed by atoms with Crippen LogP contribution in [0.3, 0.4) is 0 Å². The van der Waals surface area contributed by atoms with Crippen molar-refractivity contribution in [3.8, 4) is 11.3 Å². The van der Waals surface area contributed by atoms with Crippen LogP contribution in [0.4, 0.5) is 22.1 Å². The van der Waals surface area contributed by atoms with E-state index >= 15 is 0 Å². The molecule has 2 N–H and O–H groups in total. The lowest BCUT2D eigenvalue weighted by molar-refractivity contribution is -0.0228. The van der Waals surface area contributed by atoms with E-state index in [9.17, 15) is 4.39 Å². The number of ether oxygens (including phenoxy) is 1. The van der Waals surface area contributed by atoms with Gasteiger partial charge in [0.2, 0.25) is 11.9 Å². The van der Waals surface area contributed by atoms with Gasteiger partial charge in [0.05, 0.1) is 24.4 Å². The van der Waals surface area contributed by atoms with Gasteiger partial charge in [0, 0.05) is 43.7 Å². The highest BCUT2D eigenvalue weighted by Gasteiger charge is 2.46. The van der Waals surface area contributed by atoms with Crippen LogP contribution in [-0.4, -0.2) is 64.5 Å². The van der Waals surface area contributed by atoms with Crippen LogP contribution < -0.4 is 15.5 Å². The van der Waals surface area contributed by atoms with Gasteiger partial charge in [0.25, 0.3) is 0 Å². The molecular weight excluding hydrogens is 397 g/mol. The molecule has 4 saturated heterocycles. The molecule has 0 radical (unpaired) electrons. The number of alkyl halides is 1. The van der Waals surface area contributed by atoms with Gasteiger partial charge in [-0.1, -0.05) is 0 Å². The minimum Gasteiger partial charge on any atom is -0.374 e. The Kier molecular flexibility index (Phi) is 4.48. The van der Waals surface area contributed by atoms with Gasteiger partial charge >= 0.3 is 0 Å². The van der Waals surface area contributed by atoms with Crippen LogP contribution in [-0.2, 0) is 4.74 Å². The van der Waals surface area contributed by atoms with Crippen molar-refractivity contribution in [1.29, 1.82) is 0 Å². The van der Waals surface area contributed by atoms with Gasteiger partial charge in [0.15, 0.2) is 0 Å². The largest absolute Gasteiger partial charge is 0.374 e. The molecule has 0 amide bonds. The third-order valence-electron chi connectivity index (χ3n) is 7.57. The van der Waals surface area contributed by atoms with Crippen LogP contribution in [0.25, 0.3) is 11.3 Å². The van der Waals surface area contributed by atoms with E-state index in [0.29, 0.717) is 18.9 Å². The van der Waals surface area contributed by atoms with E-state index in [-0.39, 0.29) is 17.5 Å². The SMILES string of the molecule is Nc1ncc(-c2cc(N3C[C@@H]4CC[C@H]3CO4)nc(N3CCC4(CC3)CC(F)C4)n2)cn1. The average Bonchev–Trinajstić information content (AvgIpc) is 2.80. The first-order valence-electron chi connectivity index (χ1n) is 11.3. The summed E-state index contributed by atoms with van der Waals surface area (Å²) in [7, 11) is 0. The molecule has 8 nitrogen and oxygen atoms in total. The predicted molar refractivity (Wildman–Crippen MR) is 116 cm³/mol. The van der Waals surface area contributed by atoms with E-state index in [1.807, 2.05) is 6.07 Å². The molecule has 4 aliphatic heterocycles. The van der Waals surface area contributed by atoms with Crippen molar-refractivity contribution in [2.45, 2.75) is 56.8 Å². The van der Waals surface area contributed by atoms with E-state index in [2.05, 4.69) is 19.8 Å². The van der Waals surface area contributed by atoms with E-state index < -0.39 is 6.17 Å². The maximum atomic E-state index is 13.5. The van der Waals surface area contributed by atoms with Crippen molar-refractivity contribution in [3.63, 3.8) is 0 Å². The second kappa shape index (κ2) is 7.25. The minimum atomic E-state index is -0.611. The van der Waals surface area contributed by atoms with E-state index in [1.54, 1.807) is 12.4 Å². The summed E-state index contributed by atoms with van der Waals surface area (Å²) < 4.78 is 19.4. The average molecular weight is 426 g/mol. The van der Waals surface area contributed by atoms with Crippen molar-refractivity contribution in [1.82, 2.24) is 19.9 Å². The Hall–Kier alpha value is -2.55. The summed E-state index contributed by atoms with van der Waals surface area (Å²) in [6.45, 7) is 3.34. The summed E-state index contributed by atoms with van der Waals surface area (Å²) >= 11 is 0. The molecule has 1 spiro atoms. The molecule has 2 bridgehead atoms. The maximum absolute atomic E-state index is 13.5. The third-order valence-corrected chi connectivity index (χ3v) is 7.57. The summed E-state index contributed by atoms with van der Waals surface area (Å²) in [5.41, 5.74) is 7.51. The predicted octanol–water partition coefficient (Wildman–Crippen LogP) is 2.60. The van der Waals surface area contributed by atoms with Crippen LogP contribution in [0.2, 0.25) is 0 Å². The number of halogens is 1. The van der Waals surface area contributed by atoms with Crippen molar-refractivity contribution < 1.29 is 9.13 Å². The number of morpholine rings is 1. The fraction of sp³-hybridized carbons (Fsp3) is 0.636. The number of aromatic nitrogens is 4. The van der Waals surface area contributed by atoms with Crippen molar-refractivity contribution in [2.75, 3.05) is 41.8 Å². The monoisotopic (exact) mass is 425 g/mol. The zero-order valence-corrected chi connectivity index (χ0v) is 17.6. The Balaban J connectivity index is 1.32. The number of anilines is 3. The number of nitrogens with zero attached hydrogens (tertiary/aromatic N) is 6. The van der Waals surface area contributed by atoms with Gasteiger partial charge in [-0.2, -0.15) is 4.98 Å². The molecule has 5 fully saturated rings. The second-order valence-electron chi connectivity index (χ2n) is 9.57. The van der Waals surface area contributed by atoms with Crippen LogP contribution in [0.5, 0.6) is 0 Å². The molecule has 7 rings (SSSR count). The molecular formula is C22H28FN7O. The summed E-state index contributed by atoms with van der Waals surface area (Å²) in [4.78, 5) is 22.8. The summed E-state index contributed by atoms with van der Waals surface area (Å²) in [5, 5.41) is 0. The molecule has 5 aliphatic rings. The number of rotatable bonds is 3. The molecule has 1 aliphatic carbocycles. The number of fused-ring (bicyclic) bond motifs is 3. The van der Waals surface area contributed by atoms with Gasteiger partial charge in [-0.15, -0.1) is 0 Å². The van der Waals surface area contributed by atoms with Gasteiger partial charge in [0.1, 0.15) is 12.0 Å². The first-order chi connectivity index (χ1) is 15.1. The highest BCUT2D eigenvalue weighted by Crippen LogP contribution is 2.50. The van der Waals surface area contributed by atoms with Crippen LogP contribution in [0.1, 0.15) is 38.5 Å². The van der Waals surface area contributed by atoms with E-state index in [4.69, 9.17) is 20.4 Å². The minimum absolute atomic E-state index is 0.199. The Bertz CT molecular complexity index is 947. The lowest BCUT2D eigenvalue weighted by Crippen LogP contribution is -2.55. The molecule has 9 heteroatoms. The molecule has 6 heterocycles. The first kappa shape index (κ1) is 19.2. The van der Waals surface area contributed by atoms with Crippen LogP contribution in [0.15, 0.2) is 18.5 Å². The first-order valence-corrected chi connectivity index (χ1v) is 11.3. The van der Waals surface area contributed by atoms with Crippen LogP contribution in [0, 0.1) is 5.41 Å². The second-order valence-corrected chi connectivity index (χ2v) is 9.57. The zero-order valence-electron chi connectivity index (χ0n) is 17.6. The fourth-order valence-electron chi connectivity index (χ4n) is 5.63. The van der Waals surface area contributed by atoms with Gasteiger partial charge in [-0.25, -0.2) is 19.3 Å². The fourth-order valence-corrected chi connectivity index (χ4v) is 5.63. The lowest BCUT2D eigenvalue weighted by atomic mass is 9.62. The van der Waals surface area contributed by atoms with Crippen molar-refractivity contribution in [3.05, 3.63) is 18.5 Å². The zero-order chi connectivity index (χ0) is 21.0. The number of nitrogen functional groups attached to an aromatic ring is 1. The summed E-state index contributed by atoms with van der Waals surface area (Å²) in [6, 6.07) is 2.38. The lowest BCUT2D eigenvalue weighted by Gasteiger charge is -2.49. The molecule has 31 heavy (non-hydrogen) atoms. The summed E-state index contributed by atoms with van der Waals surface area (Å²) in [5.74, 6) is 1.91. The third kappa shape index (κ3) is 3.48. The molecule has 1 saturated carbocycles. The normalized spacial score (nSPS) is 27.5. The molecule has 2 aromatic rings. The highest BCUT2D eigenvalue weighted by molar-refractivity contribution is 5.64. The summed E-state index contributed by atoms with van der Waals surface area (Å²) in [6.07, 6.45) is 8.76. The Morgan fingerprint density at radius 2 is 1.87 bits per heavy atom. The maximum Gasteiger partial charge on any atom is 0.227 e. The van der Waals surface area contributed by atoms with Gasteiger partial charge < -0.3 is 20.3 Å². The smallest absolute Gasteiger partial charge is 0.227 e. The Labute approximate surface area is 181 Å². The van der Waals surface area contributed by atoms with Crippen LogP contribution >= 0.6 is 0 Å².